The van der Waals surface area contributed by atoms with Gasteiger partial charge in [0.2, 0.25) is 0 Å². The fourth-order valence-electron chi connectivity index (χ4n) is 2.61. The van der Waals surface area contributed by atoms with Gasteiger partial charge in [0.1, 0.15) is 0 Å². The Bertz CT molecular complexity index is 218. The standard InChI is InChI=1S/C14H30N2S/c1-6-13-10-15-14(4,5)11-16(13)12(3)8-9-17-7-2/h12-13,15H,6-11H2,1-5H3. The van der Waals surface area contributed by atoms with Gasteiger partial charge in [-0.25, -0.2) is 0 Å². The van der Waals surface area contributed by atoms with E-state index < -0.39 is 0 Å². The third-order valence-electron chi connectivity index (χ3n) is 3.78. The Labute approximate surface area is 112 Å². The average molecular weight is 258 g/mol. The summed E-state index contributed by atoms with van der Waals surface area (Å²) in [5.74, 6) is 2.55. The predicted octanol–water partition coefficient (Wildman–Crippen LogP) is 2.98. The minimum atomic E-state index is 0.276. The molecule has 1 fully saturated rings. The van der Waals surface area contributed by atoms with Crippen molar-refractivity contribution in [1.29, 1.82) is 0 Å². The molecule has 1 aliphatic rings. The largest absolute Gasteiger partial charge is 0.309 e. The van der Waals surface area contributed by atoms with E-state index in [2.05, 4.69) is 56.6 Å². The van der Waals surface area contributed by atoms with E-state index in [1.165, 1.54) is 30.9 Å². The summed E-state index contributed by atoms with van der Waals surface area (Å²) in [5.41, 5.74) is 0.276. The lowest BCUT2D eigenvalue weighted by molar-refractivity contribution is 0.0574. The van der Waals surface area contributed by atoms with Crippen molar-refractivity contribution in [1.82, 2.24) is 10.2 Å². The normalized spacial score (nSPS) is 27.0. The molecule has 2 atom stereocenters. The van der Waals surface area contributed by atoms with E-state index in [4.69, 9.17) is 0 Å². The Morgan fingerprint density at radius 3 is 2.71 bits per heavy atom. The van der Waals surface area contributed by atoms with Gasteiger partial charge >= 0.3 is 0 Å². The molecule has 0 spiro atoms. The first-order chi connectivity index (χ1) is 8.00. The number of thioether (sulfide) groups is 1. The molecule has 1 aliphatic heterocycles. The van der Waals surface area contributed by atoms with E-state index in [1.54, 1.807) is 0 Å². The molecule has 0 amide bonds. The lowest BCUT2D eigenvalue weighted by Gasteiger charge is -2.47. The van der Waals surface area contributed by atoms with E-state index in [-0.39, 0.29) is 5.54 Å². The molecule has 3 heteroatoms. The molecule has 0 radical (unpaired) electrons. The van der Waals surface area contributed by atoms with Gasteiger partial charge in [-0.1, -0.05) is 13.8 Å². The first-order valence-corrected chi connectivity index (χ1v) is 8.24. The van der Waals surface area contributed by atoms with Crippen LogP contribution in [0, 0.1) is 0 Å². The first-order valence-electron chi connectivity index (χ1n) is 7.08. The monoisotopic (exact) mass is 258 g/mol. The Morgan fingerprint density at radius 1 is 1.41 bits per heavy atom. The van der Waals surface area contributed by atoms with Crippen LogP contribution in [-0.4, -0.2) is 47.1 Å². The second-order valence-corrected chi connectivity index (χ2v) is 7.23. The summed E-state index contributed by atoms with van der Waals surface area (Å²) >= 11 is 2.07. The summed E-state index contributed by atoms with van der Waals surface area (Å²) in [6.07, 6.45) is 2.58. The van der Waals surface area contributed by atoms with Crippen LogP contribution in [0.2, 0.25) is 0 Å². The van der Waals surface area contributed by atoms with Gasteiger partial charge in [0.15, 0.2) is 0 Å². The van der Waals surface area contributed by atoms with E-state index in [1.807, 2.05) is 0 Å². The summed E-state index contributed by atoms with van der Waals surface area (Å²) in [4.78, 5) is 2.73. The van der Waals surface area contributed by atoms with Crippen LogP contribution in [0.4, 0.5) is 0 Å². The summed E-state index contributed by atoms with van der Waals surface area (Å²) in [6, 6.07) is 1.45. The molecule has 17 heavy (non-hydrogen) atoms. The molecule has 1 saturated heterocycles. The summed E-state index contributed by atoms with van der Waals surface area (Å²) in [6.45, 7) is 13.9. The number of hydrogen-bond acceptors (Lipinski definition) is 3. The molecule has 0 aromatic heterocycles. The van der Waals surface area contributed by atoms with Gasteiger partial charge in [-0.15, -0.1) is 0 Å². The van der Waals surface area contributed by atoms with Crippen molar-refractivity contribution in [2.24, 2.45) is 0 Å². The van der Waals surface area contributed by atoms with E-state index in [0.29, 0.717) is 0 Å². The van der Waals surface area contributed by atoms with Crippen LogP contribution >= 0.6 is 11.8 Å². The van der Waals surface area contributed by atoms with Gasteiger partial charge in [0.25, 0.3) is 0 Å². The van der Waals surface area contributed by atoms with Gasteiger partial charge < -0.3 is 5.32 Å². The van der Waals surface area contributed by atoms with Crippen LogP contribution in [0.1, 0.15) is 47.5 Å². The second kappa shape index (κ2) is 7.01. The number of nitrogens with zero attached hydrogens (tertiary/aromatic N) is 1. The summed E-state index contributed by atoms with van der Waals surface area (Å²) in [5, 5.41) is 3.66. The Kier molecular flexibility index (Phi) is 6.32. The Hall–Kier alpha value is 0.270. The minimum absolute atomic E-state index is 0.276. The van der Waals surface area contributed by atoms with Crippen LogP contribution in [0.5, 0.6) is 0 Å². The Morgan fingerprint density at radius 2 is 2.12 bits per heavy atom. The third kappa shape index (κ3) is 4.80. The zero-order chi connectivity index (χ0) is 12.9. The highest BCUT2D eigenvalue weighted by molar-refractivity contribution is 7.99. The first kappa shape index (κ1) is 15.3. The second-order valence-electron chi connectivity index (χ2n) is 5.83. The van der Waals surface area contributed by atoms with Gasteiger partial charge in [-0.3, -0.25) is 4.90 Å². The van der Waals surface area contributed by atoms with Crippen molar-refractivity contribution in [2.75, 3.05) is 24.6 Å². The van der Waals surface area contributed by atoms with Crippen LogP contribution in [0.15, 0.2) is 0 Å². The lowest BCUT2D eigenvalue weighted by Crippen LogP contribution is -2.63. The fraction of sp³-hybridized carbons (Fsp3) is 1.00. The van der Waals surface area contributed by atoms with E-state index in [0.717, 1.165) is 18.6 Å². The summed E-state index contributed by atoms with van der Waals surface area (Å²) in [7, 11) is 0. The smallest absolute Gasteiger partial charge is 0.0253 e. The molecule has 0 bridgehead atoms. The lowest BCUT2D eigenvalue weighted by atomic mass is 9.95. The molecule has 0 saturated carbocycles. The maximum atomic E-state index is 3.66. The van der Waals surface area contributed by atoms with Crippen molar-refractivity contribution in [2.45, 2.75) is 65.1 Å². The molecular weight excluding hydrogens is 228 g/mol. The SMILES string of the molecule is CCSCCC(C)N1CC(C)(C)NCC1CC. The van der Waals surface area contributed by atoms with Crippen LogP contribution in [0.25, 0.3) is 0 Å². The molecule has 1 N–H and O–H groups in total. The number of hydrogen-bond donors (Lipinski definition) is 1. The van der Waals surface area contributed by atoms with Crippen molar-refractivity contribution < 1.29 is 0 Å². The maximum Gasteiger partial charge on any atom is 0.0253 e. The van der Waals surface area contributed by atoms with Crippen LogP contribution in [-0.2, 0) is 0 Å². The third-order valence-corrected chi connectivity index (χ3v) is 4.72. The fourth-order valence-corrected chi connectivity index (χ4v) is 3.41. The average Bonchev–Trinajstić information content (AvgIpc) is 2.28. The van der Waals surface area contributed by atoms with Crippen LogP contribution in [0.3, 0.4) is 0 Å². The van der Waals surface area contributed by atoms with E-state index in [9.17, 15) is 0 Å². The van der Waals surface area contributed by atoms with Gasteiger partial charge in [-0.05, 0) is 45.1 Å². The topological polar surface area (TPSA) is 15.3 Å². The number of piperazine rings is 1. The molecular formula is C14H30N2S. The molecule has 2 nitrogen and oxygen atoms in total. The molecule has 0 aromatic carbocycles. The molecule has 102 valence electrons. The van der Waals surface area contributed by atoms with Crippen molar-refractivity contribution in [3.8, 4) is 0 Å². The highest BCUT2D eigenvalue weighted by Crippen LogP contribution is 2.21. The zero-order valence-corrected chi connectivity index (χ0v) is 13.1. The van der Waals surface area contributed by atoms with E-state index >= 15 is 0 Å². The van der Waals surface area contributed by atoms with Crippen LogP contribution < -0.4 is 5.32 Å². The van der Waals surface area contributed by atoms with Crippen molar-refractivity contribution in [3.05, 3.63) is 0 Å². The van der Waals surface area contributed by atoms with Gasteiger partial charge in [0.05, 0.1) is 0 Å². The molecule has 1 heterocycles. The van der Waals surface area contributed by atoms with Gasteiger partial charge in [-0.2, -0.15) is 11.8 Å². The highest BCUT2D eigenvalue weighted by atomic mass is 32.2. The van der Waals surface area contributed by atoms with Gasteiger partial charge in [0, 0.05) is 30.7 Å². The molecule has 2 unspecified atom stereocenters. The maximum absolute atomic E-state index is 3.66. The Balaban J connectivity index is 2.50. The molecule has 0 aromatic rings. The minimum Gasteiger partial charge on any atom is -0.309 e. The number of nitrogens with one attached hydrogen (secondary N) is 1. The highest BCUT2D eigenvalue weighted by Gasteiger charge is 2.33. The predicted molar refractivity (Wildman–Crippen MR) is 79.9 cm³/mol. The van der Waals surface area contributed by atoms with Crippen molar-refractivity contribution in [3.63, 3.8) is 0 Å². The quantitative estimate of drug-likeness (QED) is 0.737. The molecule has 1 rings (SSSR count). The van der Waals surface area contributed by atoms with Crippen molar-refractivity contribution >= 4 is 11.8 Å². The zero-order valence-electron chi connectivity index (χ0n) is 12.3. The molecule has 0 aliphatic carbocycles. The summed E-state index contributed by atoms with van der Waals surface area (Å²) < 4.78 is 0. The number of rotatable bonds is 6.